The lowest BCUT2D eigenvalue weighted by atomic mass is 10.1. The van der Waals surface area contributed by atoms with Gasteiger partial charge in [-0.05, 0) is 27.2 Å². The third-order valence-corrected chi connectivity index (χ3v) is 1.10. The van der Waals surface area contributed by atoms with Gasteiger partial charge in [-0.15, -0.1) is 0 Å². The summed E-state index contributed by atoms with van der Waals surface area (Å²) in [4.78, 5) is 0. The fourth-order valence-corrected chi connectivity index (χ4v) is 0.571. The first-order chi connectivity index (χ1) is 3.66. The number of rotatable bonds is 2. The largest absolute Gasteiger partial charge is 0.233 e. The molecule has 1 radical (unpaired) electrons. The Morgan fingerprint density at radius 2 is 2.25 bits per heavy atom. The summed E-state index contributed by atoms with van der Waals surface area (Å²) < 4.78 is 0. The van der Waals surface area contributed by atoms with Crippen molar-refractivity contribution >= 4 is 0 Å². The summed E-state index contributed by atoms with van der Waals surface area (Å²) in [5.41, 5.74) is 1.19. The Morgan fingerprint density at radius 3 is 2.38 bits per heavy atom. The van der Waals surface area contributed by atoms with Gasteiger partial charge in [0, 0.05) is 0 Å². The Bertz CT molecular complexity index is 82.4. The molecule has 0 aromatic rings. The van der Waals surface area contributed by atoms with Gasteiger partial charge in [0.05, 0.1) is 6.10 Å². The average Bonchev–Trinajstić information content (AvgIpc) is 1.65. The monoisotopic (exact) mass is 113 g/mol. The van der Waals surface area contributed by atoms with Crippen LogP contribution in [0.5, 0.6) is 0 Å². The Kier molecular flexibility index (Phi) is 3.53. The second-order valence-electron chi connectivity index (χ2n) is 2.15. The number of hydrogen-bond acceptors (Lipinski definition) is 0. The normalized spacial score (nSPS) is 16.2. The van der Waals surface area contributed by atoms with Crippen molar-refractivity contribution in [1.29, 1.82) is 0 Å². The molecule has 0 heterocycles. The standard InChI is InChI=1S/C7H13O/c1-4-6(2)5-7(3)8/h4,7H,5H2,1-3H3/b6-4+. The molecule has 47 valence electrons. The van der Waals surface area contributed by atoms with E-state index >= 15 is 0 Å². The molecule has 1 unspecified atom stereocenters. The minimum atomic E-state index is -0.439. The SMILES string of the molecule is C/C=C(\C)CC(C)[O]. The maximum absolute atomic E-state index is 10.5. The van der Waals surface area contributed by atoms with Crippen LogP contribution in [0.15, 0.2) is 11.6 Å². The zero-order chi connectivity index (χ0) is 6.57. The molecule has 0 aliphatic carbocycles. The minimum absolute atomic E-state index is 0.439. The predicted molar refractivity (Wildman–Crippen MR) is 34.2 cm³/mol. The number of allylic oxidation sites excluding steroid dienone is 1. The maximum atomic E-state index is 10.5. The lowest BCUT2D eigenvalue weighted by Gasteiger charge is -1.98. The van der Waals surface area contributed by atoms with Crippen molar-refractivity contribution in [2.45, 2.75) is 33.3 Å². The summed E-state index contributed by atoms with van der Waals surface area (Å²) in [6.07, 6.45) is 2.23. The smallest absolute Gasteiger partial charge is 0.0938 e. The van der Waals surface area contributed by atoms with Gasteiger partial charge in [-0.1, -0.05) is 11.6 Å². The van der Waals surface area contributed by atoms with E-state index < -0.39 is 6.10 Å². The highest BCUT2D eigenvalue weighted by molar-refractivity contribution is 4.96. The van der Waals surface area contributed by atoms with Gasteiger partial charge in [0.1, 0.15) is 0 Å². The topological polar surface area (TPSA) is 19.9 Å². The first kappa shape index (κ1) is 7.70. The van der Waals surface area contributed by atoms with Crippen LogP contribution in [0.25, 0.3) is 0 Å². The molecular formula is C7H13O. The van der Waals surface area contributed by atoms with Gasteiger partial charge in [0.2, 0.25) is 0 Å². The molecule has 0 spiro atoms. The van der Waals surface area contributed by atoms with Gasteiger partial charge in [-0.25, -0.2) is 5.11 Å². The van der Waals surface area contributed by atoms with E-state index in [0.29, 0.717) is 6.42 Å². The molecule has 0 rings (SSSR count). The highest BCUT2D eigenvalue weighted by atomic mass is 16.3. The molecule has 0 amide bonds. The van der Waals surface area contributed by atoms with Crippen LogP contribution < -0.4 is 0 Å². The summed E-state index contributed by atoms with van der Waals surface area (Å²) in [5, 5.41) is 10.5. The van der Waals surface area contributed by atoms with E-state index in [0.717, 1.165) is 0 Å². The van der Waals surface area contributed by atoms with Crippen molar-refractivity contribution in [3.8, 4) is 0 Å². The van der Waals surface area contributed by atoms with Crippen LogP contribution in [-0.4, -0.2) is 6.10 Å². The fraction of sp³-hybridized carbons (Fsp3) is 0.714. The lowest BCUT2D eigenvalue weighted by Crippen LogP contribution is -1.96. The van der Waals surface area contributed by atoms with Crippen LogP contribution in [0, 0.1) is 0 Å². The van der Waals surface area contributed by atoms with E-state index in [1.807, 2.05) is 19.9 Å². The Hall–Kier alpha value is -0.300. The Labute approximate surface area is 51.0 Å². The van der Waals surface area contributed by atoms with Crippen LogP contribution in [0.3, 0.4) is 0 Å². The van der Waals surface area contributed by atoms with Gasteiger partial charge in [0.15, 0.2) is 0 Å². The molecule has 1 atom stereocenters. The first-order valence-corrected chi connectivity index (χ1v) is 2.94. The minimum Gasteiger partial charge on any atom is -0.233 e. The van der Waals surface area contributed by atoms with Crippen molar-refractivity contribution < 1.29 is 5.11 Å². The molecule has 0 bridgehead atoms. The summed E-state index contributed by atoms with van der Waals surface area (Å²) in [7, 11) is 0. The van der Waals surface area contributed by atoms with Crippen molar-refractivity contribution in [3.05, 3.63) is 11.6 Å². The highest BCUT2D eigenvalue weighted by Gasteiger charge is 1.95. The van der Waals surface area contributed by atoms with E-state index in [4.69, 9.17) is 0 Å². The molecule has 0 aliphatic rings. The molecular weight excluding hydrogens is 100 g/mol. The van der Waals surface area contributed by atoms with E-state index in [-0.39, 0.29) is 0 Å². The summed E-state index contributed by atoms with van der Waals surface area (Å²) in [5.74, 6) is 0. The van der Waals surface area contributed by atoms with E-state index in [2.05, 4.69) is 0 Å². The molecule has 1 nitrogen and oxygen atoms in total. The van der Waals surface area contributed by atoms with E-state index in [1.165, 1.54) is 5.57 Å². The zero-order valence-electron chi connectivity index (χ0n) is 5.77. The van der Waals surface area contributed by atoms with E-state index in [9.17, 15) is 5.11 Å². The second kappa shape index (κ2) is 3.67. The van der Waals surface area contributed by atoms with Crippen molar-refractivity contribution in [2.75, 3.05) is 0 Å². The van der Waals surface area contributed by atoms with Crippen LogP contribution in [0.2, 0.25) is 0 Å². The molecule has 8 heavy (non-hydrogen) atoms. The fourth-order valence-electron chi connectivity index (χ4n) is 0.571. The third-order valence-electron chi connectivity index (χ3n) is 1.10. The molecule has 0 fully saturated rings. The highest BCUT2D eigenvalue weighted by Crippen LogP contribution is 2.02. The summed E-state index contributed by atoms with van der Waals surface area (Å²) in [6.45, 7) is 5.62. The van der Waals surface area contributed by atoms with Crippen LogP contribution in [0.1, 0.15) is 27.2 Å². The summed E-state index contributed by atoms with van der Waals surface area (Å²) >= 11 is 0. The molecule has 0 aromatic heterocycles. The maximum Gasteiger partial charge on any atom is 0.0938 e. The molecule has 0 saturated carbocycles. The van der Waals surface area contributed by atoms with Gasteiger partial charge in [-0.3, -0.25) is 0 Å². The van der Waals surface area contributed by atoms with Crippen molar-refractivity contribution in [2.24, 2.45) is 0 Å². The second-order valence-corrected chi connectivity index (χ2v) is 2.15. The number of hydrogen-bond donors (Lipinski definition) is 0. The zero-order valence-corrected chi connectivity index (χ0v) is 5.77. The first-order valence-electron chi connectivity index (χ1n) is 2.94. The lowest BCUT2D eigenvalue weighted by molar-refractivity contribution is 0.106. The quantitative estimate of drug-likeness (QED) is 0.489. The molecule has 1 heteroatoms. The molecule has 0 aliphatic heterocycles. The van der Waals surface area contributed by atoms with Crippen LogP contribution in [-0.2, 0) is 5.11 Å². The molecule has 0 saturated heterocycles. The van der Waals surface area contributed by atoms with Gasteiger partial charge in [0.25, 0.3) is 0 Å². The van der Waals surface area contributed by atoms with Crippen molar-refractivity contribution in [3.63, 3.8) is 0 Å². The molecule has 0 N–H and O–H groups in total. The van der Waals surface area contributed by atoms with Crippen molar-refractivity contribution in [1.82, 2.24) is 0 Å². The van der Waals surface area contributed by atoms with E-state index in [1.54, 1.807) is 6.92 Å². The van der Waals surface area contributed by atoms with Gasteiger partial charge in [-0.2, -0.15) is 0 Å². The molecule has 0 aromatic carbocycles. The van der Waals surface area contributed by atoms with Gasteiger partial charge >= 0.3 is 0 Å². The third kappa shape index (κ3) is 3.88. The van der Waals surface area contributed by atoms with Gasteiger partial charge < -0.3 is 0 Å². The Morgan fingerprint density at radius 1 is 1.75 bits per heavy atom. The van der Waals surface area contributed by atoms with Crippen LogP contribution in [0.4, 0.5) is 0 Å². The average molecular weight is 113 g/mol. The summed E-state index contributed by atoms with van der Waals surface area (Å²) in [6, 6.07) is 0. The Balaban J connectivity index is 3.39. The predicted octanol–water partition coefficient (Wildman–Crippen LogP) is 2.16. The van der Waals surface area contributed by atoms with Crippen LogP contribution >= 0.6 is 0 Å².